The van der Waals surface area contributed by atoms with Crippen molar-refractivity contribution in [3.05, 3.63) is 69.3 Å². The van der Waals surface area contributed by atoms with Crippen LogP contribution in [-0.2, 0) is 27.5 Å². The summed E-state index contributed by atoms with van der Waals surface area (Å²) in [6.07, 6.45) is -1.00. The van der Waals surface area contributed by atoms with E-state index in [0.717, 1.165) is 5.01 Å². The molecule has 0 saturated carbocycles. The lowest BCUT2D eigenvalue weighted by atomic mass is 10.0. The zero-order valence-electron chi connectivity index (χ0n) is 20.8. The summed E-state index contributed by atoms with van der Waals surface area (Å²) in [4.78, 5) is 39.5. The largest absolute Gasteiger partial charge is 0.478 e. The van der Waals surface area contributed by atoms with Gasteiger partial charge in [0.1, 0.15) is 12.4 Å². The number of carboxylic acids is 1. The number of pyridine rings is 2. The van der Waals surface area contributed by atoms with Crippen molar-refractivity contribution in [3.8, 4) is 11.4 Å². The zero-order chi connectivity index (χ0) is 28.4. The fourth-order valence-corrected chi connectivity index (χ4v) is 4.34. The van der Waals surface area contributed by atoms with Crippen molar-refractivity contribution in [2.24, 2.45) is 16.8 Å². The fourth-order valence-electron chi connectivity index (χ4n) is 4.34. The molecule has 2 aromatic heterocycles. The molecule has 0 spiro atoms. The summed E-state index contributed by atoms with van der Waals surface area (Å²) in [6.45, 7) is 4.66. The Bertz CT molecular complexity index is 1580. The Labute approximate surface area is 220 Å². The molecule has 13 nitrogen and oxygen atoms in total. The first kappa shape index (κ1) is 27.2. The van der Waals surface area contributed by atoms with Crippen LogP contribution >= 0.6 is 0 Å². The van der Waals surface area contributed by atoms with E-state index in [0.29, 0.717) is 33.4 Å². The van der Waals surface area contributed by atoms with Crippen LogP contribution in [0.3, 0.4) is 0 Å². The molecule has 0 saturated heterocycles. The van der Waals surface area contributed by atoms with Gasteiger partial charge in [0.25, 0.3) is 12.0 Å². The Morgan fingerprint density at radius 1 is 1.41 bits per heavy atom. The smallest absolute Gasteiger partial charge is 0.332 e. The van der Waals surface area contributed by atoms with Crippen LogP contribution in [0.25, 0.3) is 22.3 Å². The maximum Gasteiger partial charge on any atom is 0.332 e. The second-order valence-corrected chi connectivity index (χ2v) is 8.89. The van der Waals surface area contributed by atoms with Gasteiger partial charge in [-0.3, -0.25) is 14.6 Å². The van der Waals surface area contributed by atoms with Crippen LogP contribution in [-0.4, -0.2) is 56.1 Å². The summed E-state index contributed by atoms with van der Waals surface area (Å²) in [6, 6.07) is 6.16. The van der Waals surface area contributed by atoms with Gasteiger partial charge in [-0.05, 0) is 30.7 Å². The van der Waals surface area contributed by atoms with Crippen molar-refractivity contribution < 1.29 is 28.9 Å². The van der Waals surface area contributed by atoms with Crippen molar-refractivity contribution in [1.82, 2.24) is 14.6 Å². The minimum atomic E-state index is -1.23. The predicted molar refractivity (Wildman–Crippen MR) is 140 cm³/mol. The molecule has 0 amide bonds. The van der Waals surface area contributed by atoms with Crippen molar-refractivity contribution in [2.45, 2.75) is 26.2 Å². The third kappa shape index (κ3) is 5.28. The van der Waals surface area contributed by atoms with Gasteiger partial charge in [-0.2, -0.15) is 5.10 Å². The molecule has 1 aliphatic rings. The number of carbonyl (C=O) groups excluding carboxylic acids is 1. The number of nitrogens with one attached hydrogen (secondary N) is 1. The first-order valence-corrected chi connectivity index (χ1v) is 11.6. The number of ether oxygens (including phenoxy) is 1. The number of anilines is 1. The molecule has 7 N–H and O–H groups in total. The molecule has 0 fully saturated rings. The first-order chi connectivity index (χ1) is 18.5. The summed E-state index contributed by atoms with van der Waals surface area (Å²) >= 11 is 0. The number of halogens is 1. The molecule has 3 heterocycles. The van der Waals surface area contributed by atoms with Crippen LogP contribution in [0.5, 0.6) is 0 Å². The number of aliphatic hydroxyl groups excluding tert-OH is 1. The summed E-state index contributed by atoms with van der Waals surface area (Å²) in [5.41, 5.74) is 1.92. The maximum atomic E-state index is 15.0. The molecule has 1 aliphatic heterocycles. The Hall–Kier alpha value is -4.82. The quantitative estimate of drug-likeness (QED) is 0.0477. The first-order valence-electron chi connectivity index (χ1n) is 11.6. The third-order valence-corrected chi connectivity index (χ3v) is 6.32. The number of hydrazone groups is 1. The van der Waals surface area contributed by atoms with Gasteiger partial charge in [-0.1, -0.05) is 6.58 Å². The van der Waals surface area contributed by atoms with Gasteiger partial charge in [0.15, 0.2) is 5.84 Å². The molecule has 4 rings (SSSR count). The van der Waals surface area contributed by atoms with Crippen LogP contribution in [0.1, 0.15) is 29.7 Å². The predicted octanol–water partition coefficient (Wildman–Crippen LogP) is 0.791. The molecular weight excluding hydrogens is 513 g/mol. The van der Waals surface area contributed by atoms with Gasteiger partial charge in [-0.25, -0.2) is 20.0 Å². The van der Waals surface area contributed by atoms with Gasteiger partial charge in [-0.15, -0.1) is 0 Å². The molecule has 0 aliphatic carbocycles. The highest BCUT2D eigenvalue weighted by Crippen LogP contribution is 2.35. The molecule has 1 unspecified atom stereocenters. The molecule has 39 heavy (non-hydrogen) atoms. The van der Waals surface area contributed by atoms with Crippen molar-refractivity contribution in [1.29, 1.82) is 0 Å². The molecule has 0 bridgehead atoms. The monoisotopic (exact) mass is 539 g/mol. The summed E-state index contributed by atoms with van der Waals surface area (Å²) in [5.74, 6) is 9.40. The van der Waals surface area contributed by atoms with Crippen molar-refractivity contribution in [2.75, 3.05) is 18.4 Å². The number of aromatic nitrogens is 2. The highest BCUT2D eigenvalue weighted by Gasteiger charge is 2.27. The molecule has 14 heteroatoms. The van der Waals surface area contributed by atoms with Gasteiger partial charge in [0.2, 0.25) is 0 Å². The molecule has 204 valence electrons. The Morgan fingerprint density at radius 3 is 2.79 bits per heavy atom. The number of aliphatic carboxylic acids is 1. The van der Waals surface area contributed by atoms with E-state index in [1.807, 2.05) is 0 Å². The van der Waals surface area contributed by atoms with Crippen LogP contribution in [0, 0.1) is 5.82 Å². The van der Waals surface area contributed by atoms with E-state index in [9.17, 15) is 19.5 Å². The number of carbonyl (C=O) groups is 2. The Morgan fingerprint density at radius 2 is 2.15 bits per heavy atom. The second-order valence-electron chi connectivity index (χ2n) is 8.89. The highest BCUT2D eigenvalue weighted by atomic mass is 19.1. The maximum absolute atomic E-state index is 15.0. The number of rotatable bonds is 10. The molecule has 0 radical (unpaired) electrons. The van der Waals surface area contributed by atoms with Crippen molar-refractivity contribution in [3.63, 3.8) is 0 Å². The number of hydrogen-bond acceptors (Lipinski definition) is 10. The zero-order valence-corrected chi connectivity index (χ0v) is 20.8. The fraction of sp³-hybridized carbons (Fsp3) is 0.240. The normalized spacial score (nSPS) is 13.0. The van der Waals surface area contributed by atoms with Crippen LogP contribution in [0.4, 0.5) is 10.1 Å². The topological polar surface area (TPSA) is 198 Å². The van der Waals surface area contributed by atoms with Gasteiger partial charge in [0, 0.05) is 17.0 Å². The Kier molecular flexibility index (Phi) is 7.60. The number of fused-ring (bicyclic) bond motifs is 4. The summed E-state index contributed by atoms with van der Waals surface area (Å²) in [5, 5.41) is 27.2. The minimum Gasteiger partial charge on any atom is -0.478 e. The summed E-state index contributed by atoms with van der Waals surface area (Å²) in [7, 11) is 0. The van der Waals surface area contributed by atoms with Crippen LogP contribution in [0.15, 0.2) is 46.3 Å². The standard InChI is InChI=1S/C25H26FN7O6/c1-12(25(37)38)8-33(28)22(31-27)7-29-20-4-14-3-15-9-32-21(23(15)30-19(14)6-18(20)26)5-16(13(2)35)17(24(32)36)10-39-11-34/h3-6,11,13,29,35H,1,7-10,27-28H2,2H3,(H,37,38)/b31-22-. The average Bonchev–Trinajstić information content (AvgIpc) is 3.24. The number of hydrazine groups is 1. The Balaban J connectivity index is 1.65. The lowest BCUT2D eigenvalue weighted by Crippen LogP contribution is -2.43. The number of hydrogen-bond donors (Lipinski definition) is 5. The van der Waals surface area contributed by atoms with E-state index in [2.05, 4.69) is 22.0 Å². The minimum absolute atomic E-state index is 0.0575. The number of aliphatic hydroxyl groups is 1. The number of nitrogens with two attached hydrogens (primary N) is 2. The molecule has 1 aromatic carbocycles. The molecule has 1 atom stereocenters. The van der Waals surface area contributed by atoms with E-state index >= 15 is 4.39 Å². The SMILES string of the molecule is C=C(CN(N)/C(CNc1cc2cc3c(nc2cc1F)-c1cc(C(C)O)c(COC=O)c(=O)n1C3)=N\N)C(=O)O. The van der Waals surface area contributed by atoms with Crippen LogP contribution in [0.2, 0.25) is 0 Å². The van der Waals surface area contributed by atoms with E-state index < -0.39 is 23.4 Å². The van der Waals surface area contributed by atoms with Gasteiger partial charge >= 0.3 is 5.97 Å². The lowest BCUT2D eigenvalue weighted by Gasteiger charge is -2.20. The van der Waals surface area contributed by atoms with Gasteiger partial charge in [0.05, 0.1) is 59.5 Å². The molecular formula is C25H26FN7O6. The lowest BCUT2D eigenvalue weighted by molar-refractivity contribution is -0.133. The molecule has 3 aromatic rings. The van der Waals surface area contributed by atoms with Gasteiger partial charge < -0.3 is 30.7 Å². The number of amidine groups is 1. The van der Waals surface area contributed by atoms with E-state index in [1.54, 1.807) is 12.1 Å². The van der Waals surface area contributed by atoms with E-state index in [1.165, 1.54) is 23.6 Å². The second kappa shape index (κ2) is 10.9. The van der Waals surface area contributed by atoms with E-state index in [-0.39, 0.29) is 55.4 Å². The number of benzene rings is 1. The number of carboxylic acid groups (broad SMARTS) is 1. The highest BCUT2D eigenvalue weighted by molar-refractivity contribution is 5.91. The summed E-state index contributed by atoms with van der Waals surface area (Å²) < 4.78 is 21.3. The average molecular weight is 540 g/mol. The third-order valence-electron chi connectivity index (χ3n) is 6.32. The van der Waals surface area contributed by atoms with Crippen molar-refractivity contribution >= 4 is 34.9 Å². The van der Waals surface area contributed by atoms with E-state index in [4.69, 9.17) is 21.5 Å². The number of nitrogens with zero attached hydrogens (tertiary/aromatic N) is 4. The van der Waals surface area contributed by atoms with Crippen LogP contribution < -0.4 is 22.6 Å².